The fraction of sp³-hybridized carbons (Fsp3) is 0. The summed E-state index contributed by atoms with van der Waals surface area (Å²) in [6, 6.07) is 1.92. The molecule has 0 aliphatic heterocycles. The summed E-state index contributed by atoms with van der Waals surface area (Å²) in [6.45, 7) is 0. The van der Waals surface area contributed by atoms with E-state index in [1.165, 1.54) is 0 Å². The second-order valence-electron chi connectivity index (χ2n) is 3.96. The zero-order valence-electron chi connectivity index (χ0n) is 9.28. The van der Waals surface area contributed by atoms with E-state index in [2.05, 4.69) is 24.9 Å². The van der Waals surface area contributed by atoms with Gasteiger partial charge >= 0.3 is 0 Å². The molecule has 0 fully saturated rings. The molecule has 6 heteroatoms. The lowest BCUT2D eigenvalue weighted by atomic mass is 10.3. The molecule has 0 bridgehead atoms. The number of aromatic amines is 1. The van der Waals surface area contributed by atoms with Crippen LogP contribution in [0.5, 0.6) is 0 Å². The van der Waals surface area contributed by atoms with Gasteiger partial charge in [-0.05, 0) is 6.07 Å². The minimum absolute atomic E-state index is 0.802. The van der Waals surface area contributed by atoms with Crippen molar-refractivity contribution in [3.8, 4) is 11.4 Å². The van der Waals surface area contributed by atoms with Gasteiger partial charge in [0.2, 0.25) is 0 Å². The summed E-state index contributed by atoms with van der Waals surface area (Å²) in [5.41, 5.74) is 4.22. The van der Waals surface area contributed by atoms with Gasteiger partial charge in [-0.2, -0.15) is 0 Å². The Morgan fingerprint density at radius 2 is 2.11 bits per heavy atom. The maximum absolute atomic E-state index is 4.47. The number of H-pyrrole nitrogens is 1. The maximum Gasteiger partial charge on any atom is 0.156 e. The Bertz CT molecular complexity index is 811. The molecule has 4 aromatic rings. The van der Waals surface area contributed by atoms with Crippen LogP contribution in [0.3, 0.4) is 0 Å². The van der Waals surface area contributed by atoms with Gasteiger partial charge in [-0.3, -0.25) is 9.97 Å². The van der Waals surface area contributed by atoms with Gasteiger partial charge < -0.3 is 9.38 Å². The lowest BCUT2D eigenvalue weighted by Crippen LogP contribution is -1.83. The van der Waals surface area contributed by atoms with E-state index in [1.54, 1.807) is 24.9 Å². The molecular formula is C12H8N6. The molecule has 0 unspecified atom stereocenters. The quantitative estimate of drug-likeness (QED) is 0.545. The maximum atomic E-state index is 4.47. The highest BCUT2D eigenvalue weighted by Gasteiger charge is 2.07. The third-order valence-corrected chi connectivity index (χ3v) is 2.83. The summed E-state index contributed by atoms with van der Waals surface area (Å²) in [6.07, 6.45) is 10.7. The Morgan fingerprint density at radius 1 is 1.11 bits per heavy atom. The van der Waals surface area contributed by atoms with Crippen molar-refractivity contribution in [2.75, 3.05) is 0 Å². The minimum Gasteiger partial charge on any atom is -0.343 e. The molecule has 4 heterocycles. The molecule has 0 atom stereocenters. The predicted molar refractivity (Wildman–Crippen MR) is 65.9 cm³/mol. The van der Waals surface area contributed by atoms with Gasteiger partial charge in [-0.25, -0.2) is 9.97 Å². The monoisotopic (exact) mass is 236 g/mol. The molecule has 0 amide bonds. The van der Waals surface area contributed by atoms with E-state index >= 15 is 0 Å². The number of hydrogen-bond donors (Lipinski definition) is 1. The van der Waals surface area contributed by atoms with Crippen molar-refractivity contribution < 1.29 is 0 Å². The van der Waals surface area contributed by atoms with Gasteiger partial charge in [-0.15, -0.1) is 0 Å². The lowest BCUT2D eigenvalue weighted by molar-refractivity contribution is 1.13. The molecule has 0 saturated carbocycles. The van der Waals surface area contributed by atoms with Crippen LogP contribution in [-0.2, 0) is 0 Å². The first-order valence-corrected chi connectivity index (χ1v) is 5.48. The molecule has 0 aliphatic rings. The van der Waals surface area contributed by atoms with Crippen molar-refractivity contribution in [1.29, 1.82) is 0 Å². The van der Waals surface area contributed by atoms with Crippen LogP contribution in [-0.4, -0.2) is 29.3 Å². The van der Waals surface area contributed by atoms with Crippen LogP contribution in [0.25, 0.3) is 28.1 Å². The summed E-state index contributed by atoms with van der Waals surface area (Å²) in [4.78, 5) is 20.1. The van der Waals surface area contributed by atoms with Crippen LogP contribution in [0.4, 0.5) is 0 Å². The van der Waals surface area contributed by atoms with Crippen molar-refractivity contribution in [2.24, 2.45) is 0 Å². The summed E-state index contributed by atoms with van der Waals surface area (Å²) in [5.74, 6) is 0. The first-order chi connectivity index (χ1) is 8.90. The lowest BCUT2D eigenvalue weighted by Gasteiger charge is -1.94. The predicted octanol–water partition coefficient (Wildman–Crippen LogP) is 1.67. The molecule has 0 saturated heterocycles. The first-order valence-electron chi connectivity index (χ1n) is 5.48. The first kappa shape index (κ1) is 9.29. The van der Waals surface area contributed by atoms with Crippen LogP contribution in [0.15, 0.2) is 43.4 Å². The summed E-state index contributed by atoms with van der Waals surface area (Å²) in [5, 5.41) is 0. The molecule has 0 spiro atoms. The van der Waals surface area contributed by atoms with Crippen molar-refractivity contribution in [2.45, 2.75) is 0 Å². The molecule has 18 heavy (non-hydrogen) atoms. The van der Waals surface area contributed by atoms with Crippen LogP contribution < -0.4 is 0 Å². The number of pyridine rings is 1. The van der Waals surface area contributed by atoms with E-state index in [4.69, 9.17) is 0 Å². The van der Waals surface area contributed by atoms with Gasteiger partial charge in [-0.1, -0.05) is 0 Å². The zero-order valence-corrected chi connectivity index (χ0v) is 9.28. The highest BCUT2D eigenvalue weighted by Crippen LogP contribution is 2.19. The van der Waals surface area contributed by atoms with Crippen molar-refractivity contribution >= 4 is 16.7 Å². The number of aromatic nitrogens is 6. The molecule has 0 radical (unpaired) electrons. The van der Waals surface area contributed by atoms with Crippen molar-refractivity contribution in [1.82, 2.24) is 29.3 Å². The Balaban J connectivity index is 1.94. The molecule has 6 nitrogen and oxygen atoms in total. The third kappa shape index (κ3) is 1.29. The third-order valence-electron chi connectivity index (χ3n) is 2.83. The molecule has 4 rings (SSSR count). The van der Waals surface area contributed by atoms with Crippen molar-refractivity contribution in [3.63, 3.8) is 0 Å². The second-order valence-corrected chi connectivity index (χ2v) is 3.96. The number of hydrogen-bond acceptors (Lipinski definition) is 4. The second kappa shape index (κ2) is 3.36. The number of nitrogens with one attached hydrogen (secondary N) is 1. The highest BCUT2D eigenvalue weighted by atomic mass is 15.0. The highest BCUT2D eigenvalue weighted by molar-refractivity contribution is 5.78. The Labute approximate surface area is 101 Å². The summed E-state index contributed by atoms with van der Waals surface area (Å²) >= 11 is 0. The minimum atomic E-state index is 0.802. The van der Waals surface area contributed by atoms with Crippen LogP contribution in [0, 0.1) is 0 Å². The number of nitrogens with zero attached hydrogens (tertiary/aromatic N) is 5. The molecule has 0 aliphatic carbocycles. The SMILES string of the molecule is c1cn2cc(-c3cc4nc[nH]c4cn3)nc2cn1. The fourth-order valence-corrected chi connectivity index (χ4v) is 1.94. The van der Waals surface area contributed by atoms with Gasteiger partial charge in [0.15, 0.2) is 5.65 Å². The molecule has 1 N–H and O–H groups in total. The van der Waals surface area contributed by atoms with E-state index in [0.717, 1.165) is 28.1 Å². The number of imidazole rings is 2. The molecule has 4 aromatic heterocycles. The van der Waals surface area contributed by atoms with E-state index < -0.39 is 0 Å². The number of rotatable bonds is 1. The standard InChI is InChI=1S/C12H8N6/c1-2-18-6-11(17-12(18)5-13-1)9-3-8-10(4-14-9)16-7-15-8/h1-7H,(H,15,16). The topological polar surface area (TPSA) is 71.8 Å². The zero-order chi connectivity index (χ0) is 11.9. The Hall–Kier alpha value is -2.76. The average molecular weight is 236 g/mol. The van der Waals surface area contributed by atoms with Gasteiger partial charge in [0, 0.05) is 18.6 Å². The van der Waals surface area contributed by atoms with E-state index in [1.807, 2.05) is 22.9 Å². The van der Waals surface area contributed by atoms with E-state index in [9.17, 15) is 0 Å². The van der Waals surface area contributed by atoms with Crippen LogP contribution in [0.2, 0.25) is 0 Å². The van der Waals surface area contributed by atoms with Gasteiger partial charge in [0.1, 0.15) is 5.69 Å². The Morgan fingerprint density at radius 3 is 3.06 bits per heavy atom. The van der Waals surface area contributed by atoms with Crippen LogP contribution >= 0.6 is 0 Å². The van der Waals surface area contributed by atoms with Gasteiger partial charge in [0.25, 0.3) is 0 Å². The van der Waals surface area contributed by atoms with E-state index in [-0.39, 0.29) is 0 Å². The summed E-state index contributed by atoms with van der Waals surface area (Å²) in [7, 11) is 0. The number of fused-ring (bicyclic) bond motifs is 2. The smallest absolute Gasteiger partial charge is 0.156 e. The largest absolute Gasteiger partial charge is 0.343 e. The van der Waals surface area contributed by atoms with Crippen LogP contribution in [0.1, 0.15) is 0 Å². The Kier molecular flexibility index (Phi) is 1.74. The molecule has 86 valence electrons. The van der Waals surface area contributed by atoms with E-state index in [0.29, 0.717) is 0 Å². The molecule has 0 aromatic carbocycles. The van der Waals surface area contributed by atoms with Crippen molar-refractivity contribution in [3.05, 3.63) is 43.4 Å². The average Bonchev–Trinajstić information content (AvgIpc) is 3.04. The normalized spacial score (nSPS) is 11.3. The summed E-state index contributed by atoms with van der Waals surface area (Å²) < 4.78 is 1.92. The van der Waals surface area contributed by atoms with Gasteiger partial charge in [0.05, 0.1) is 35.4 Å². The molecular weight excluding hydrogens is 228 g/mol. The fourth-order valence-electron chi connectivity index (χ4n) is 1.94.